The van der Waals surface area contributed by atoms with Gasteiger partial charge in [0.15, 0.2) is 0 Å². The Morgan fingerprint density at radius 2 is 2.58 bits per heavy atom. The van der Waals surface area contributed by atoms with Gasteiger partial charge in [-0.15, -0.1) is 6.58 Å². The van der Waals surface area contributed by atoms with E-state index < -0.39 is 0 Å². The molecule has 2 rings (SSSR count). The fourth-order valence-electron chi connectivity index (χ4n) is 2.15. The normalized spacial score (nSPS) is 20.2. The lowest BCUT2D eigenvalue weighted by Gasteiger charge is -2.21. The van der Waals surface area contributed by atoms with Crippen molar-refractivity contribution in [1.29, 1.82) is 0 Å². The molecule has 2 unspecified atom stereocenters. The van der Waals surface area contributed by atoms with Crippen LogP contribution in [0.3, 0.4) is 0 Å². The van der Waals surface area contributed by atoms with Crippen molar-refractivity contribution < 1.29 is 4.74 Å². The summed E-state index contributed by atoms with van der Waals surface area (Å²) in [6.45, 7) is 6.87. The Balaban J connectivity index is 2.14. The van der Waals surface area contributed by atoms with E-state index in [-0.39, 0.29) is 17.7 Å². The zero-order chi connectivity index (χ0) is 13.8. The van der Waals surface area contributed by atoms with E-state index in [1.807, 2.05) is 0 Å². The van der Waals surface area contributed by atoms with Gasteiger partial charge in [0.05, 0.1) is 24.5 Å². The summed E-state index contributed by atoms with van der Waals surface area (Å²) in [6.07, 6.45) is 5.63. The summed E-state index contributed by atoms with van der Waals surface area (Å²) in [6, 6.07) is 0.148. The van der Waals surface area contributed by atoms with Crippen LogP contribution in [0.25, 0.3) is 0 Å². The summed E-state index contributed by atoms with van der Waals surface area (Å²) in [5.74, 6) is 0. The molecule has 1 N–H and O–H groups in total. The minimum Gasteiger partial charge on any atom is -0.378 e. The van der Waals surface area contributed by atoms with Gasteiger partial charge >= 0.3 is 0 Å². The van der Waals surface area contributed by atoms with Gasteiger partial charge in [0.1, 0.15) is 4.47 Å². The molecule has 1 aromatic rings. The second-order valence-electron chi connectivity index (χ2n) is 4.63. The molecule has 0 bridgehead atoms. The van der Waals surface area contributed by atoms with Crippen LogP contribution >= 0.6 is 15.9 Å². The average molecular weight is 328 g/mol. The van der Waals surface area contributed by atoms with Gasteiger partial charge in [-0.1, -0.05) is 6.08 Å². The minimum absolute atomic E-state index is 0.148. The van der Waals surface area contributed by atoms with Crippen molar-refractivity contribution in [1.82, 2.24) is 9.78 Å². The van der Waals surface area contributed by atoms with E-state index in [2.05, 4.69) is 39.8 Å². The van der Waals surface area contributed by atoms with Gasteiger partial charge < -0.3 is 10.1 Å². The van der Waals surface area contributed by atoms with Crippen LogP contribution < -0.4 is 10.9 Å². The maximum atomic E-state index is 12.0. The van der Waals surface area contributed by atoms with E-state index in [0.717, 1.165) is 19.4 Å². The van der Waals surface area contributed by atoms with Crippen molar-refractivity contribution >= 4 is 21.6 Å². The first-order valence-corrected chi connectivity index (χ1v) is 7.17. The van der Waals surface area contributed by atoms with Crippen molar-refractivity contribution in [2.24, 2.45) is 0 Å². The third-order valence-corrected chi connectivity index (χ3v) is 3.96. The lowest BCUT2D eigenvalue weighted by atomic mass is 10.1. The van der Waals surface area contributed by atoms with E-state index in [9.17, 15) is 4.79 Å². The van der Waals surface area contributed by atoms with E-state index in [1.54, 1.807) is 12.3 Å². The van der Waals surface area contributed by atoms with Crippen LogP contribution in [0.5, 0.6) is 0 Å². The number of hydrogen-bond donors (Lipinski definition) is 1. The molecule has 1 aromatic heterocycles. The lowest BCUT2D eigenvalue weighted by Crippen LogP contribution is -2.32. The number of halogens is 1. The SMILES string of the molecule is C=CCn1ncc(NC(C)C2CCCO2)c(Br)c1=O. The molecule has 1 aliphatic rings. The second kappa shape index (κ2) is 6.34. The first kappa shape index (κ1) is 14.3. The molecule has 1 aliphatic heterocycles. The molecular formula is C13H18BrN3O2. The van der Waals surface area contributed by atoms with Crippen LogP contribution in [0.2, 0.25) is 0 Å². The molecule has 19 heavy (non-hydrogen) atoms. The van der Waals surface area contributed by atoms with Gasteiger partial charge in [-0.2, -0.15) is 5.10 Å². The van der Waals surface area contributed by atoms with E-state index >= 15 is 0 Å². The molecule has 0 aliphatic carbocycles. The second-order valence-corrected chi connectivity index (χ2v) is 5.43. The Labute approximate surface area is 120 Å². The molecule has 1 fully saturated rings. The zero-order valence-electron chi connectivity index (χ0n) is 10.9. The summed E-state index contributed by atoms with van der Waals surface area (Å²) >= 11 is 3.33. The number of aromatic nitrogens is 2. The number of allylic oxidation sites excluding steroid dienone is 1. The van der Waals surface area contributed by atoms with Crippen LogP contribution in [0.4, 0.5) is 5.69 Å². The summed E-state index contributed by atoms with van der Waals surface area (Å²) in [5.41, 5.74) is 0.540. The van der Waals surface area contributed by atoms with Crippen LogP contribution in [0, 0.1) is 0 Å². The number of anilines is 1. The quantitative estimate of drug-likeness (QED) is 0.842. The van der Waals surface area contributed by atoms with Crippen molar-refractivity contribution in [3.8, 4) is 0 Å². The minimum atomic E-state index is -0.163. The molecule has 2 atom stereocenters. The van der Waals surface area contributed by atoms with E-state index in [0.29, 0.717) is 16.7 Å². The lowest BCUT2D eigenvalue weighted by molar-refractivity contribution is 0.0996. The van der Waals surface area contributed by atoms with Crippen LogP contribution in [0.1, 0.15) is 19.8 Å². The molecule has 1 saturated heterocycles. The van der Waals surface area contributed by atoms with Crippen molar-refractivity contribution in [2.75, 3.05) is 11.9 Å². The van der Waals surface area contributed by atoms with Crippen molar-refractivity contribution in [3.63, 3.8) is 0 Å². The fourth-order valence-corrected chi connectivity index (χ4v) is 2.57. The molecule has 2 heterocycles. The van der Waals surface area contributed by atoms with Gasteiger partial charge in [-0.25, -0.2) is 4.68 Å². The first-order chi connectivity index (χ1) is 9.13. The predicted octanol–water partition coefficient (Wildman–Crippen LogP) is 2.17. The van der Waals surface area contributed by atoms with Crippen LogP contribution in [0.15, 0.2) is 28.1 Å². The number of nitrogens with one attached hydrogen (secondary N) is 1. The van der Waals surface area contributed by atoms with Crippen LogP contribution in [-0.4, -0.2) is 28.5 Å². The third-order valence-electron chi connectivity index (χ3n) is 3.19. The molecule has 0 saturated carbocycles. The van der Waals surface area contributed by atoms with Crippen LogP contribution in [-0.2, 0) is 11.3 Å². The summed E-state index contributed by atoms with van der Waals surface area (Å²) in [7, 11) is 0. The molecular weight excluding hydrogens is 310 g/mol. The first-order valence-electron chi connectivity index (χ1n) is 6.38. The molecule has 6 heteroatoms. The summed E-state index contributed by atoms with van der Waals surface area (Å²) in [5, 5.41) is 7.40. The average Bonchev–Trinajstić information content (AvgIpc) is 2.92. The fraction of sp³-hybridized carbons (Fsp3) is 0.538. The largest absolute Gasteiger partial charge is 0.378 e. The maximum absolute atomic E-state index is 12.0. The van der Waals surface area contributed by atoms with Gasteiger partial charge in [-0.3, -0.25) is 4.79 Å². The monoisotopic (exact) mass is 327 g/mol. The van der Waals surface area contributed by atoms with E-state index in [1.165, 1.54) is 4.68 Å². The van der Waals surface area contributed by atoms with Gasteiger partial charge in [0, 0.05) is 12.6 Å². The summed E-state index contributed by atoms with van der Waals surface area (Å²) < 4.78 is 7.48. The molecule has 0 aromatic carbocycles. The number of hydrogen-bond acceptors (Lipinski definition) is 4. The van der Waals surface area contributed by atoms with Crippen molar-refractivity contribution in [3.05, 3.63) is 33.7 Å². The zero-order valence-corrected chi connectivity index (χ0v) is 12.5. The highest BCUT2D eigenvalue weighted by molar-refractivity contribution is 9.10. The Morgan fingerprint density at radius 3 is 3.21 bits per heavy atom. The topological polar surface area (TPSA) is 56.1 Å². The molecule has 5 nitrogen and oxygen atoms in total. The smallest absolute Gasteiger partial charge is 0.283 e. The third kappa shape index (κ3) is 3.25. The standard InChI is InChI=1S/C13H18BrN3O2/c1-3-6-17-13(18)12(14)10(8-15-17)16-9(2)11-5-4-7-19-11/h3,8-9,11,16H,1,4-7H2,2H3. The molecule has 104 valence electrons. The maximum Gasteiger partial charge on any atom is 0.283 e. The Bertz CT molecular complexity index is 509. The highest BCUT2D eigenvalue weighted by Gasteiger charge is 2.23. The van der Waals surface area contributed by atoms with E-state index in [4.69, 9.17) is 4.74 Å². The highest BCUT2D eigenvalue weighted by atomic mass is 79.9. The van der Waals surface area contributed by atoms with Gasteiger partial charge in [0.25, 0.3) is 5.56 Å². The Morgan fingerprint density at radius 1 is 1.79 bits per heavy atom. The molecule has 0 spiro atoms. The molecule has 0 radical (unpaired) electrons. The molecule has 0 amide bonds. The number of rotatable bonds is 5. The Kier molecular flexibility index (Phi) is 4.76. The Hall–Kier alpha value is -1.14. The van der Waals surface area contributed by atoms with Crippen molar-refractivity contribution in [2.45, 2.75) is 38.5 Å². The predicted molar refractivity (Wildman–Crippen MR) is 78.5 cm³/mol. The highest BCUT2D eigenvalue weighted by Crippen LogP contribution is 2.22. The number of ether oxygens (including phenoxy) is 1. The van der Waals surface area contributed by atoms with Gasteiger partial charge in [-0.05, 0) is 35.7 Å². The number of nitrogens with zero attached hydrogens (tertiary/aromatic N) is 2. The summed E-state index contributed by atoms with van der Waals surface area (Å²) in [4.78, 5) is 12.0. The van der Waals surface area contributed by atoms with Gasteiger partial charge in [0.2, 0.25) is 0 Å².